The van der Waals surface area contributed by atoms with Gasteiger partial charge in [-0.2, -0.15) is 0 Å². The van der Waals surface area contributed by atoms with E-state index < -0.39 is 0 Å². The van der Waals surface area contributed by atoms with Crippen molar-refractivity contribution >= 4 is 0 Å². The summed E-state index contributed by atoms with van der Waals surface area (Å²) in [6, 6.07) is 16.2. The molecule has 2 heteroatoms. The fraction of sp³-hybridized carbons (Fsp3) is 0.154. The van der Waals surface area contributed by atoms with E-state index >= 15 is 0 Å². The van der Waals surface area contributed by atoms with Crippen LogP contribution < -0.4 is 0 Å². The van der Waals surface area contributed by atoms with E-state index in [9.17, 15) is 0 Å². The van der Waals surface area contributed by atoms with Gasteiger partial charge in [-0.05, 0) is 17.7 Å². The molecule has 2 heterocycles. The number of hydrogen-bond donors (Lipinski definition) is 0. The molecule has 0 unspecified atom stereocenters. The van der Waals surface area contributed by atoms with Gasteiger partial charge in [0.15, 0.2) is 0 Å². The molecule has 0 aliphatic carbocycles. The highest BCUT2D eigenvalue weighted by molar-refractivity contribution is 5.26. The van der Waals surface area contributed by atoms with Gasteiger partial charge in [-0.25, -0.2) is 0 Å². The maximum absolute atomic E-state index is 5.63. The molecule has 74 valence electrons. The summed E-state index contributed by atoms with van der Waals surface area (Å²) in [4.78, 5) is 4.29. The second-order valence-corrected chi connectivity index (χ2v) is 3.64. The first-order chi connectivity index (χ1) is 7.45. The molecular weight excluding hydrogens is 186 g/mol. The van der Waals surface area contributed by atoms with Gasteiger partial charge in [0.25, 0.3) is 0 Å². The predicted octanol–water partition coefficient (Wildman–Crippen LogP) is 2.89. The first-order valence-electron chi connectivity index (χ1n) is 5.06. The van der Waals surface area contributed by atoms with Crippen molar-refractivity contribution in [3.8, 4) is 0 Å². The summed E-state index contributed by atoms with van der Waals surface area (Å²) in [6.45, 7) is 0. The van der Waals surface area contributed by atoms with Crippen LogP contribution in [0.4, 0.5) is 0 Å². The number of nitrogens with zero attached hydrogens (tertiary/aromatic N) is 1. The summed E-state index contributed by atoms with van der Waals surface area (Å²) >= 11 is 0. The van der Waals surface area contributed by atoms with E-state index in [1.54, 1.807) is 6.20 Å². The average molecular weight is 197 g/mol. The molecule has 1 aromatic heterocycles. The van der Waals surface area contributed by atoms with Crippen LogP contribution in [0.1, 0.15) is 23.5 Å². The van der Waals surface area contributed by atoms with Crippen LogP contribution in [-0.2, 0) is 4.74 Å². The van der Waals surface area contributed by atoms with Gasteiger partial charge in [0, 0.05) is 6.20 Å². The second-order valence-electron chi connectivity index (χ2n) is 3.64. The number of ether oxygens (including phenoxy) is 1. The minimum Gasteiger partial charge on any atom is -0.358 e. The lowest BCUT2D eigenvalue weighted by Crippen LogP contribution is -1.86. The average Bonchev–Trinajstić information content (AvgIpc) is 3.11. The van der Waals surface area contributed by atoms with Crippen molar-refractivity contribution in [1.82, 2.24) is 4.98 Å². The van der Waals surface area contributed by atoms with Gasteiger partial charge in [-0.1, -0.05) is 36.4 Å². The maximum atomic E-state index is 5.63. The lowest BCUT2D eigenvalue weighted by Gasteiger charge is -1.94. The zero-order chi connectivity index (χ0) is 10.1. The lowest BCUT2D eigenvalue weighted by molar-refractivity contribution is 0.375. The molecule has 1 aliphatic rings. The van der Waals surface area contributed by atoms with Crippen molar-refractivity contribution in [2.75, 3.05) is 0 Å². The molecule has 2 aromatic rings. The summed E-state index contributed by atoms with van der Waals surface area (Å²) < 4.78 is 5.63. The zero-order valence-corrected chi connectivity index (χ0v) is 8.21. The van der Waals surface area contributed by atoms with E-state index in [-0.39, 0.29) is 12.2 Å². The smallest absolute Gasteiger partial charge is 0.131 e. The molecule has 1 aliphatic heterocycles. The highest BCUT2D eigenvalue weighted by Crippen LogP contribution is 2.49. The third-order valence-corrected chi connectivity index (χ3v) is 2.60. The molecule has 0 saturated carbocycles. The van der Waals surface area contributed by atoms with Gasteiger partial charge in [-0.3, -0.25) is 4.98 Å². The van der Waals surface area contributed by atoms with Gasteiger partial charge < -0.3 is 4.74 Å². The Kier molecular flexibility index (Phi) is 2.00. The van der Waals surface area contributed by atoms with Crippen LogP contribution in [0.15, 0.2) is 54.7 Å². The molecule has 0 N–H and O–H groups in total. The van der Waals surface area contributed by atoms with E-state index in [0.717, 1.165) is 5.69 Å². The third-order valence-electron chi connectivity index (χ3n) is 2.60. The van der Waals surface area contributed by atoms with Crippen LogP contribution in [0.2, 0.25) is 0 Å². The van der Waals surface area contributed by atoms with Crippen molar-refractivity contribution in [3.63, 3.8) is 0 Å². The lowest BCUT2D eigenvalue weighted by atomic mass is 10.1. The summed E-state index contributed by atoms with van der Waals surface area (Å²) in [5.41, 5.74) is 2.25. The van der Waals surface area contributed by atoms with Crippen molar-refractivity contribution in [1.29, 1.82) is 0 Å². The Hall–Kier alpha value is -1.67. The fourth-order valence-electron chi connectivity index (χ4n) is 1.78. The van der Waals surface area contributed by atoms with E-state index in [0.29, 0.717) is 0 Å². The minimum absolute atomic E-state index is 0.147. The van der Waals surface area contributed by atoms with E-state index in [1.165, 1.54) is 5.56 Å². The first-order valence-corrected chi connectivity index (χ1v) is 5.06. The molecule has 1 saturated heterocycles. The molecule has 0 amide bonds. The highest BCUT2D eigenvalue weighted by atomic mass is 16.6. The summed E-state index contributed by atoms with van der Waals surface area (Å²) in [5, 5.41) is 0. The van der Waals surface area contributed by atoms with Crippen molar-refractivity contribution in [3.05, 3.63) is 66.0 Å². The normalized spacial score (nSPS) is 23.7. The van der Waals surface area contributed by atoms with Crippen LogP contribution in [0.5, 0.6) is 0 Å². The fourth-order valence-corrected chi connectivity index (χ4v) is 1.78. The third kappa shape index (κ3) is 1.64. The number of aromatic nitrogens is 1. The standard InChI is InChI=1S/C13H11NO/c1-2-6-10(7-3-1)12-13(15-12)11-8-4-5-9-14-11/h1-9,12-13H/t12-,13+/m0/s1. The highest BCUT2D eigenvalue weighted by Gasteiger charge is 2.42. The Morgan fingerprint density at radius 3 is 2.40 bits per heavy atom. The summed E-state index contributed by atoms with van der Waals surface area (Å²) in [5.74, 6) is 0. The van der Waals surface area contributed by atoms with Crippen LogP contribution in [-0.4, -0.2) is 4.98 Å². The molecule has 0 spiro atoms. The number of pyridine rings is 1. The zero-order valence-electron chi connectivity index (χ0n) is 8.21. The molecule has 3 rings (SSSR count). The van der Waals surface area contributed by atoms with Crippen molar-refractivity contribution < 1.29 is 4.74 Å². The number of rotatable bonds is 2. The van der Waals surface area contributed by atoms with Crippen LogP contribution in [0, 0.1) is 0 Å². The summed E-state index contributed by atoms with van der Waals surface area (Å²) in [7, 11) is 0. The number of epoxide rings is 1. The number of hydrogen-bond acceptors (Lipinski definition) is 2. The molecule has 1 aromatic carbocycles. The minimum atomic E-state index is 0.147. The molecule has 1 fully saturated rings. The first kappa shape index (κ1) is 8.62. The van der Waals surface area contributed by atoms with Gasteiger partial charge in [0.05, 0.1) is 5.69 Å². The van der Waals surface area contributed by atoms with E-state index in [4.69, 9.17) is 4.74 Å². The van der Waals surface area contributed by atoms with Crippen LogP contribution in [0.25, 0.3) is 0 Å². The van der Waals surface area contributed by atoms with Gasteiger partial charge in [0.2, 0.25) is 0 Å². The molecule has 2 atom stereocenters. The molecular formula is C13H11NO. The molecule has 15 heavy (non-hydrogen) atoms. The van der Waals surface area contributed by atoms with E-state index in [2.05, 4.69) is 17.1 Å². The molecule has 2 nitrogen and oxygen atoms in total. The van der Waals surface area contributed by atoms with Gasteiger partial charge in [0.1, 0.15) is 12.2 Å². The predicted molar refractivity (Wildman–Crippen MR) is 57.2 cm³/mol. The second kappa shape index (κ2) is 3.48. The van der Waals surface area contributed by atoms with Gasteiger partial charge >= 0.3 is 0 Å². The quantitative estimate of drug-likeness (QED) is 0.692. The Bertz CT molecular complexity index is 397. The van der Waals surface area contributed by atoms with Crippen LogP contribution >= 0.6 is 0 Å². The molecule has 0 radical (unpaired) electrons. The van der Waals surface area contributed by atoms with Crippen LogP contribution in [0.3, 0.4) is 0 Å². The SMILES string of the molecule is c1ccc([C@@H]2O[C@@H]2c2ccccn2)cc1. The summed E-state index contributed by atoms with van der Waals surface area (Å²) in [6.07, 6.45) is 2.15. The monoisotopic (exact) mass is 197 g/mol. The Labute approximate surface area is 88.5 Å². The largest absolute Gasteiger partial charge is 0.358 e. The maximum Gasteiger partial charge on any atom is 0.131 e. The Morgan fingerprint density at radius 2 is 1.67 bits per heavy atom. The number of benzene rings is 1. The Morgan fingerprint density at radius 1 is 0.867 bits per heavy atom. The van der Waals surface area contributed by atoms with Gasteiger partial charge in [-0.15, -0.1) is 0 Å². The van der Waals surface area contributed by atoms with E-state index in [1.807, 2.05) is 36.4 Å². The molecule has 0 bridgehead atoms. The van der Waals surface area contributed by atoms with Crippen molar-refractivity contribution in [2.45, 2.75) is 12.2 Å². The topological polar surface area (TPSA) is 25.4 Å². The Balaban J connectivity index is 1.81. The van der Waals surface area contributed by atoms with Crippen molar-refractivity contribution in [2.24, 2.45) is 0 Å².